The van der Waals surface area contributed by atoms with E-state index in [0.29, 0.717) is 17.4 Å². The second-order valence-corrected chi connectivity index (χ2v) is 10.5. The third kappa shape index (κ3) is 5.70. The van der Waals surface area contributed by atoms with Crippen molar-refractivity contribution in [3.63, 3.8) is 0 Å². The molecule has 1 saturated heterocycles. The fourth-order valence-corrected chi connectivity index (χ4v) is 5.54. The summed E-state index contributed by atoms with van der Waals surface area (Å²) in [5.74, 6) is 1.88. The molecule has 214 valence electrons. The molecule has 1 aliphatic heterocycles. The van der Waals surface area contributed by atoms with Gasteiger partial charge in [-0.25, -0.2) is 19.3 Å². The lowest BCUT2D eigenvalue weighted by molar-refractivity contribution is 0.142. The monoisotopic (exact) mass is 572 g/mol. The molecule has 11 heteroatoms. The van der Waals surface area contributed by atoms with Crippen molar-refractivity contribution in [3.8, 4) is 39.8 Å². The van der Waals surface area contributed by atoms with Crippen molar-refractivity contribution in [1.29, 1.82) is 0 Å². The average Bonchev–Trinajstić information content (AvgIpc) is 3.69. The minimum atomic E-state index is -1.42. The number of fused-ring (bicyclic) bond motifs is 1. The average molecular weight is 573 g/mol. The molecule has 1 aliphatic rings. The molecule has 0 aliphatic carbocycles. The lowest BCUT2D eigenvalue weighted by Crippen LogP contribution is -2.32. The molecule has 0 unspecified atom stereocenters. The van der Waals surface area contributed by atoms with Crippen LogP contribution in [0.5, 0.6) is 5.88 Å². The summed E-state index contributed by atoms with van der Waals surface area (Å²) < 4.78 is 6.30. The van der Waals surface area contributed by atoms with E-state index in [2.05, 4.69) is 49.4 Å². The van der Waals surface area contributed by atoms with E-state index < -0.39 is 6.16 Å². The number of H-pyrrole nitrogens is 1. The number of carboxylic acid groups (broad SMARTS) is 1. The van der Waals surface area contributed by atoms with Crippen LogP contribution in [0, 0.1) is 0 Å². The first-order valence-electron chi connectivity index (χ1n) is 14.1. The number of likely N-dealkylation sites (tertiary alicyclic amines) is 1. The number of aromatic nitrogens is 7. The maximum Gasteiger partial charge on any atom is 0.512 e. The van der Waals surface area contributed by atoms with Crippen molar-refractivity contribution in [2.45, 2.75) is 25.3 Å². The van der Waals surface area contributed by atoms with Crippen molar-refractivity contribution in [3.05, 3.63) is 103 Å². The lowest BCUT2D eigenvalue weighted by Gasteiger charge is -2.30. The molecule has 6 aromatic rings. The zero-order valence-electron chi connectivity index (χ0n) is 23.2. The van der Waals surface area contributed by atoms with Gasteiger partial charge in [-0.1, -0.05) is 60.7 Å². The number of ether oxygens (including phenoxy) is 1. The van der Waals surface area contributed by atoms with Gasteiger partial charge in [-0.3, -0.25) is 15.0 Å². The maximum absolute atomic E-state index is 11.0. The number of carbonyl (C=O) groups is 1. The van der Waals surface area contributed by atoms with E-state index >= 15 is 0 Å². The van der Waals surface area contributed by atoms with Gasteiger partial charge in [0.15, 0.2) is 17.3 Å². The van der Waals surface area contributed by atoms with E-state index in [-0.39, 0.29) is 5.88 Å². The summed E-state index contributed by atoms with van der Waals surface area (Å²) in [5, 5.41) is 20.8. The van der Waals surface area contributed by atoms with Crippen LogP contribution in [0.15, 0.2) is 91.3 Å². The molecular weight excluding hydrogens is 544 g/mol. The van der Waals surface area contributed by atoms with E-state index in [1.54, 1.807) is 10.7 Å². The topological polar surface area (TPSA) is 134 Å². The number of pyridine rings is 1. The zero-order valence-corrected chi connectivity index (χ0v) is 23.2. The van der Waals surface area contributed by atoms with E-state index in [9.17, 15) is 4.79 Å². The Balaban J connectivity index is 1.06. The highest BCUT2D eigenvalue weighted by Gasteiger charge is 2.24. The molecule has 7 rings (SSSR count). The minimum Gasteiger partial charge on any atom is -0.449 e. The molecule has 0 saturated carbocycles. The Morgan fingerprint density at radius 1 is 0.953 bits per heavy atom. The van der Waals surface area contributed by atoms with Crippen molar-refractivity contribution in [2.75, 3.05) is 13.1 Å². The van der Waals surface area contributed by atoms with Gasteiger partial charge in [-0.05, 0) is 49.2 Å². The quantitative estimate of drug-likeness (QED) is 0.232. The van der Waals surface area contributed by atoms with Gasteiger partial charge in [-0.15, -0.1) is 5.10 Å². The standard InChI is InChI=1S/C32H28N8O3/c41-32(42)43-28-18-27-34-29(25(20-40(27)38-28)22-6-2-1-3-7-22)23-11-9-21(10-12-23)19-39-16-13-24(14-17-39)30-35-31(37-36-30)26-8-4-5-15-33-26/h1-12,15,18,20,24H,13-14,16-17,19H2,(H,41,42)(H,35,36,37). The largest absolute Gasteiger partial charge is 0.512 e. The molecule has 1 fully saturated rings. The van der Waals surface area contributed by atoms with Gasteiger partial charge in [-0.2, -0.15) is 5.10 Å². The minimum absolute atomic E-state index is 0.0213. The molecular formula is C32H28N8O3. The van der Waals surface area contributed by atoms with Crippen molar-refractivity contribution < 1.29 is 14.6 Å². The summed E-state index contributed by atoms with van der Waals surface area (Å²) in [6, 6.07) is 25.7. The predicted octanol–water partition coefficient (Wildman–Crippen LogP) is 5.68. The van der Waals surface area contributed by atoms with Gasteiger partial charge in [0.1, 0.15) is 5.69 Å². The first-order chi connectivity index (χ1) is 21.1. The van der Waals surface area contributed by atoms with Crippen LogP contribution in [0.1, 0.15) is 30.1 Å². The third-order valence-corrected chi connectivity index (χ3v) is 7.70. The van der Waals surface area contributed by atoms with E-state index in [4.69, 9.17) is 19.8 Å². The number of nitrogens with zero attached hydrogens (tertiary/aromatic N) is 7. The van der Waals surface area contributed by atoms with Crippen molar-refractivity contribution >= 4 is 11.8 Å². The summed E-state index contributed by atoms with van der Waals surface area (Å²) in [6.07, 6.45) is 4.20. The lowest BCUT2D eigenvalue weighted by atomic mass is 9.95. The van der Waals surface area contributed by atoms with E-state index in [1.165, 1.54) is 11.6 Å². The SMILES string of the molecule is O=C(O)Oc1cc2nc(-c3ccc(CN4CCC(c5n[nH]c(-c6ccccn6)n5)CC4)cc3)c(-c3ccccc3)cn2n1. The van der Waals surface area contributed by atoms with Crippen LogP contribution in [-0.2, 0) is 6.54 Å². The van der Waals surface area contributed by atoms with Gasteiger partial charge >= 0.3 is 6.16 Å². The second-order valence-electron chi connectivity index (χ2n) is 10.5. The van der Waals surface area contributed by atoms with Crippen LogP contribution < -0.4 is 4.74 Å². The van der Waals surface area contributed by atoms with Crippen LogP contribution in [0.3, 0.4) is 0 Å². The van der Waals surface area contributed by atoms with Gasteiger partial charge in [0, 0.05) is 42.0 Å². The summed E-state index contributed by atoms with van der Waals surface area (Å²) in [7, 11) is 0. The van der Waals surface area contributed by atoms with Crippen LogP contribution in [0.4, 0.5) is 4.79 Å². The first-order valence-corrected chi connectivity index (χ1v) is 14.1. The van der Waals surface area contributed by atoms with Crippen molar-refractivity contribution in [1.82, 2.24) is 39.7 Å². The molecule has 2 aromatic carbocycles. The van der Waals surface area contributed by atoms with Crippen molar-refractivity contribution in [2.24, 2.45) is 0 Å². The number of piperidine rings is 1. The summed E-state index contributed by atoms with van der Waals surface area (Å²) in [5.41, 5.74) is 6.12. The molecule has 0 amide bonds. The third-order valence-electron chi connectivity index (χ3n) is 7.70. The molecule has 5 heterocycles. The summed E-state index contributed by atoms with van der Waals surface area (Å²) >= 11 is 0. The second kappa shape index (κ2) is 11.5. The summed E-state index contributed by atoms with van der Waals surface area (Å²) in [6.45, 7) is 2.80. The number of hydrogen-bond acceptors (Lipinski definition) is 8. The number of rotatable bonds is 7. The number of hydrogen-bond donors (Lipinski definition) is 2. The molecule has 43 heavy (non-hydrogen) atoms. The Kier molecular flexibility index (Phi) is 7.05. The molecule has 4 aromatic heterocycles. The zero-order chi connectivity index (χ0) is 29.2. The molecule has 2 N–H and O–H groups in total. The first kappa shape index (κ1) is 26.5. The fraction of sp³-hybridized carbons (Fsp3) is 0.188. The Hall–Kier alpha value is -5.42. The van der Waals surface area contributed by atoms with E-state index in [1.807, 2.05) is 54.7 Å². The Morgan fingerprint density at radius 2 is 1.74 bits per heavy atom. The molecule has 0 bridgehead atoms. The normalized spacial score (nSPS) is 14.2. The number of benzene rings is 2. The fourth-order valence-electron chi connectivity index (χ4n) is 5.54. The van der Waals surface area contributed by atoms with Crippen LogP contribution in [-0.4, -0.2) is 64.0 Å². The Morgan fingerprint density at radius 3 is 2.49 bits per heavy atom. The smallest absolute Gasteiger partial charge is 0.449 e. The molecule has 0 radical (unpaired) electrons. The van der Waals surface area contributed by atoms with Crippen LogP contribution in [0.2, 0.25) is 0 Å². The molecule has 0 atom stereocenters. The Labute approximate surface area is 246 Å². The predicted molar refractivity (Wildman–Crippen MR) is 159 cm³/mol. The Bertz CT molecular complexity index is 1860. The highest BCUT2D eigenvalue weighted by Crippen LogP contribution is 2.32. The molecule has 0 spiro atoms. The highest BCUT2D eigenvalue weighted by atomic mass is 16.7. The van der Waals surface area contributed by atoms with Crippen LogP contribution in [0.25, 0.3) is 39.5 Å². The summed E-state index contributed by atoms with van der Waals surface area (Å²) in [4.78, 5) is 27.4. The van der Waals surface area contributed by atoms with Gasteiger partial charge in [0.05, 0.1) is 5.69 Å². The van der Waals surface area contributed by atoms with Crippen LogP contribution >= 0.6 is 0 Å². The van der Waals surface area contributed by atoms with E-state index in [0.717, 1.165) is 66.4 Å². The maximum atomic E-state index is 11.0. The van der Waals surface area contributed by atoms with Gasteiger partial charge in [0.25, 0.3) is 0 Å². The molecule has 11 nitrogen and oxygen atoms in total. The van der Waals surface area contributed by atoms with Gasteiger partial charge in [0.2, 0.25) is 5.88 Å². The highest BCUT2D eigenvalue weighted by molar-refractivity contribution is 5.81. The number of nitrogens with one attached hydrogen (secondary N) is 1. The number of aromatic amines is 1. The van der Waals surface area contributed by atoms with Gasteiger partial charge < -0.3 is 9.84 Å².